The molecule has 2 aliphatic rings. The van der Waals surface area contributed by atoms with Crippen LogP contribution in [0.5, 0.6) is 0 Å². The van der Waals surface area contributed by atoms with E-state index in [-0.39, 0.29) is 0 Å². The van der Waals surface area contributed by atoms with Gasteiger partial charge in [0.1, 0.15) is 5.69 Å². The second-order valence-corrected chi connectivity index (χ2v) is 11.4. The number of aliphatic imine (C=N–C) groups is 1. The maximum Gasteiger partial charge on any atom is 0.318 e. The molecule has 12 nitrogen and oxygen atoms in total. The molecule has 216 valence electrons. The van der Waals surface area contributed by atoms with E-state index >= 15 is 0 Å². The third kappa shape index (κ3) is 4.60. The summed E-state index contributed by atoms with van der Waals surface area (Å²) in [7, 11) is 0. The highest BCUT2D eigenvalue weighted by Crippen LogP contribution is 2.46. The number of anilines is 1. The molecule has 2 aromatic heterocycles. The number of piperidine rings is 1. The molecule has 0 saturated carbocycles. The van der Waals surface area contributed by atoms with Gasteiger partial charge in [0.15, 0.2) is 0 Å². The van der Waals surface area contributed by atoms with Crippen LogP contribution in [0.3, 0.4) is 0 Å². The second-order valence-electron chi connectivity index (χ2n) is 10.5. The lowest BCUT2D eigenvalue weighted by atomic mass is 9.68. The van der Waals surface area contributed by atoms with E-state index in [1.165, 1.54) is 11.3 Å². The number of hydrogen-bond acceptors (Lipinski definition) is 9. The van der Waals surface area contributed by atoms with Crippen LogP contribution in [0.25, 0.3) is 32.7 Å². The highest BCUT2D eigenvalue weighted by Gasteiger charge is 2.57. The van der Waals surface area contributed by atoms with Crippen molar-refractivity contribution in [1.82, 2.24) is 36.3 Å². The second kappa shape index (κ2) is 11.0. The average Bonchev–Trinajstić information content (AvgIpc) is 3.68. The molecular formula is C29H31N9O3S. The molecule has 6 rings (SSSR count). The normalized spacial score (nSPS) is 23.7. The number of H-pyrrole nitrogens is 1. The topological polar surface area (TPSA) is 161 Å². The van der Waals surface area contributed by atoms with Crippen molar-refractivity contribution in [2.24, 2.45) is 16.3 Å². The molecule has 3 atom stereocenters. The van der Waals surface area contributed by atoms with E-state index in [4.69, 9.17) is 4.99 Å². The lowest BCUT2D eigenvalue weighted by molar-refractivity contribution is -0.155. The number of aliphatic carboxylic acids is 1. The van der Waals surface area contributed by atoms with Gasteiger partial charge in [-0.05, 0) is 45.0 Å². The lowest BCUT2D eigenvalue weighted by Crippen LogP contribution is -2.71. The van der Waals surface area contributed by atoms with Crippen molar-refractivity contribution < 1.29 is 14.7 Å². The van der Waals surface area contributed by atoms with Crippen LogP contribution in [0.1, 0.15) is 20.3 Å². The van der Waals surface area contributed by atoms with Crippen molar-refractivity contribution in [2.45, 2.75) is 26.1 Å². The predicted molar refractivity (Wildman–Crippen MR) is 162 cm³/mol. The van der Waals surface area contributed by atoms with Crippen LogP contribution in [0.4, 0.5) is 10.5 Å². The Balaban J connectivity index is 1.55. The van der Waals surface area contributed by atoms with Gasteiger partial charge >= 0.3 is 12.0 Å². The molecule has 4 aromatic rings. The van der Waals surface area contributed by atoms with E-state index < -0.39 is 29.1 Å². The number of hydrogen-bond donors (Lipinski definition) is 5. The Morgan fingerprint density at radius 3 is 2.86 bits per heavy atom. The standard InChI is InChI=1S/C29H31N9O3S/c1-3-31-27(41)34-29(22-16-30-12-10-28(22,2)26(39)40)33-11-7-13-38(29)19-14-20(25-21(15-19)32-17-42-25)24-23(35-37-36-24)18-8-5-4-6-9-18/h4-9,11,13-15,17,22,30H,3,10,12,16H2,1-2H3,(H,39,40)(H2,31,34,41)(H,35,36,37). The van der Waals surface area contributed by atoms with Crippen LogP contribution < -0.4 is 20.9 Å². The average molecular weight is 586 g/mol. The number of fused-ring (bicyclic) bond motifs is 1. The first-order valence-electron chi connectivity index (χ1n) is 13.7. The fraction of sp³-hybridized carbons (Fsp3) is 0.310. The summed E-state index contributed by atoms with van der Waals surface area (Å²) in [6.07, 6.45) is 5.55. The summed E-state index contributed by atoms with van der Waals surface area (Å²) in [6.45, 7) is 4.81. The van der Waals surface area contributed by atoms with E-state index in [9.17, 15) is 14.7 Å². The van der Waals surface area contributed by atoms with Crippen LogP contribution >= 0.6 is 11.3 Å². The predicted octanol–water partition coefficient (Wildman–Crippen LogP) is 3.83. The van der Waals surface area contributed by atoms with E-state index in [1.807, 2.05) is 60.5 Å². The molecule has 5 N–H and O–H groups in total. The first-order valence-corrected chi connectivity index (χ1v) is 14.6. The minimum absolute atomic E-state index is 0.324. The maximum atomic E-state index is 13.2. The number of nitrogens with one attached hydrogen (secondary N) is 4. The van der Waals surface area contributed by atoms with Gasteiger partial charge in [-0.15, -0.1) is 16.4 Å². The largest absolute Gasteiger partial charge is 0.481 e. The summed E-state index contributed by atoms with van der Waals surface area (Å²) >= 11 is 1.49. The third-order valence-corrected chi connectivity index (χ3v) is 8.94. The monoisotopic (exact) mass is 585 g/mol. The minimum atomic E-state index is -1.47. The molecule has 0 aliphatic carbocycles. The van der Waals surface area contributed by atoms with Gasteiger partial charge in [-0.2, -0.15) is 0 Å². The summed E-state index contributed by atoms with van der Waals surface area (Å²) in [4.78, 5) is 37.3. The Morgan fingerprint density at radius 2 is 2.07 bits per heavy atom. The third-order valence-electron chi connectivity index (χ3n) is 8.07. The first-order chi connectivity index (χ1) is 20.4. The van der Waals surface area contributed by atoms with Gasteiger partial charge in [-0.1, -0.05) is 35.5 Å². The zero-order valence-corrected chi connectivity index (χ0v) is 24.0. The number of thiazole rings is 1. The van der Waals surface area contributed by atoms with Crippen LogP contribution in [0.2, 0.25) is 0 Å². The van der Waals surface area contributed by atoms with Crippen molar-refractivity contribution in [2.75, 3.05) is 24.5 Å². The van der Waals surface area contributed by atoms with Crippen molar-refractivity contribution in [3.05, 3.63) is 60.3 Å². The summed E-state index contributed by atoms with van der Waals surface area (Å²) in [5, 5.41) is 31.3. The maximum absolute atomic E-state index is 13.2. The van der Waals surface area contributed by atoms with E-state index in [0.29, 0.717) is 37.4 Å². The highest BCUT2D eigenvalue weighted by molar-refractivity contribution is 7.17. The van der Waals surface area contributed by atoms with Gasteiger partial charge in [-0.25, -0.2) is 14.8 Å². The molecule has 4 heterocycles. The fourth-order valence-electron chi connectivity index (χ4n) is 5.88. The molecular weight excluding hydrogens is 554 g/mol. The van der Waals surface area contributed by atoms with Gasteiger partial charge in [-0.3, -0.25) is 15.2 Å². The minimum Gasteiger partial charge on any atom is -0.481 e. The van der Waals surface area contributed by atoms with E-state index in [2.05, 4.69) is 36.3 Å². The molecule has 2 aromatic carbocycles. The first kappa shape index (κ1) is 27.5. The summed E-state index contributed by atoms with van der Waals surface area (Å²) in [6, 6.07) is 13.3. The smallest absolute Gasteiger partial charge is 0.318 e. The van der Waals surface area contributed by atoms with Crippen LogP contribution in [-0.2, 0) is 4.79 Å². The quantitative estimate of drug-likeness (QED) is 0.219. The van der Waals surface area contributed by atoms with Crippen molar-refractivity contribution in [3.8, 4) is 22.5 Å². The summed E-state index contributed by atoms with van der Waals surface area (Å²) in [5.41, 5.74) is 5.12. The number of rotatable bonds is 7. The Bertz CT molecular complexity index is 1680. The Kier molecular flexibility index (Phi) is 7.21. The zero-order valence-electron chi connectivity index (χ0n) is 23.2. The Morgan fingerprint density at radius 1 is 1.24 bits per heavy atom. The number of allylic oxidation sites excluding steroid dienone is 1. The number of urea groups is 1. The Hall–Kier alpha value is -4.62. The van der Waals surface area contributed by atoms with Crippen LogP contribution in [0.15, 0.2) is 65.2 Å². The van der Waals surface area contributed by atoms with Gasteiger partial charge in [0.25, 0.3) is 0 Å². The number of carboxylic acids is 1. The molecule has 1 fully saturated rings. The zero-order chi connectivity index (χ0) is 29.3. The number of carbonyl (C=O) groups excluding carboxylic acids is 1. The molecule has 0 spiro atoms. The molecule has 42 heavy (non-hydrogen) atoms. The number of carbonyl (C=O) groups is 2. The van der Waals surface area contributed by atoms with Gasteiger partial charge in [0, 0.05) is 42.3 Å². The molecule has 0 radical (unpaired) electrons. The number of aromatic amines is 1. The molecule has 0 bridgehead atoms. The highest BCUT2D eigenvalue weighted by atomic mass is 32.1. The van der Waals surface area contributed by atoms with Gasteiger partial charge in [0.2, 0.25) is 5.79 Å². The van der Waals surface area contributed by atoms with Crippen LogP contribution in [0, 0.1) is 11.3 Å². The van der Waals surface area contributed by atoms with E-state index in [1.54, 1.807) is 24.7 Å². The summed E-state index contributed by atoms with van der Waals surface area (Å²) < 4.78 is 0.923. The lowest BCUT2D eigenvalue weighted by Gasteiger charge is -2.52. The number of amides is 2. The number of carboxylic acid groups (broad SMARTS) is 1. The summed E-state index contributed by atoms with van der Waals surface area (Å²) in [5.74, 6) is -3.06. The molecule has 2 amide bonds. The molecule has 3 unspecified atom stereocenters. The number of benzene rings is 2. The van der Waals surface area contributed by atoms with Gasteiger partial charge < -0.3 is 20.6 Å². The molecule has 13 heteroatoms. The van der Waals surface area contributed by atoms with Crippen molar-refractivity contribution in [3.63, 3.8) is 0 Å². The number of aromatic nitrogens is 4. The SMILES string of the molecule is CCNC(=O)NC1(C2CNCCC2(C)C(=O)O)N=CC=CN1c1cc(-c2nn[nH]c2-c2ccccc2)c2scnc2c1. The number of nitrogens with zero attached hydrogens (tertiary/aromatic N) is 5. The fourth-order valence-corrected chi connectivity index (χ4v) is 6.66. The molecule has 1 saturated heterocycles. The van der Waals surface area contributed by atoms with Crippen molar-refractivity contribution in [1.29, 1.82) is 0 Å². The van der Waals surface area contributed by atoms with E-state index in [0.717, 1.165) is 27.0 Å². The van der Waals surface area contributed by atoms with Crippen molar-refractivity contribution >= 4 is 45.5 Å². The van der Waals surface area contributed by atoms with Gasteiger partial charge in [0.05, 0.1) is 32.8 Å². The molecule has 2 aliphatic heterocycles. The van der Waals surface area contributed by atoms with Crippen LogP contribution in [-0.4, -0.2) is 69.1 Å². The Labute approximate surface area is 246 Å².